The van der Waals surface area contributed by atoms with E-state index < -0.39 is 0 Å². The molecule has 5 heteroatoms. The topological polar surface area (TPSA) is 74.2 Å². The first kappa shape index (κ1) is 12.1. The van der Waals surface area contributed by atoms with Crippen LogP contribution in [0.1, 0.15) is 16.1 Å². The van der Waals surface area contributed by atoms with Crippen LogP contribution in [0.5, 0.6) is 5.75 Å². The lowest BCUT2D eigenvalue weighted by Gasteiger charge is -2.07. The van der Waals surface area contributed by atoms with Crippen LogP contribution in [0.15, 0.2) is 48.7 Å². The highest BCUT2D eigenvalue weighted by molar-refractivity contribution is 5.91. The largest absolute Gasteiger partial charge is 0.508 e. The molecule has 5 nitrogen and oxygen atoms in total. The van der Waals surface area contributed by atoms with Crippen LogP contribution >= 0.6 is 0 Å². The SMILES string of the molecule is O=C(NNCc1ccccc1O)c1ccccn1. The summed E-state index contributed by atoms with van der Waals surface area (Å²) in [7, 11) is 0. The number of carbonyl (C=O) groups excluding carboxylic acids is 1. The molecule has 0 fully saturated rings. The van der Waals surface area contributed by atoms with E-state index in [0.717, 1.165) is 0 Å². The summed E-state index contributed by atoms with van der Waals surface area (Å²) in [5, 5.41) is 9.53. The van der Waals surface area contributed by atoms with Crippen LogP contribution in [0.2, 0.25) is 0 Å². The zero-order valence-electron chi connectivity index (χ0n) is 9.63. The van der Waals surface area contributed by atoms with Gasteiger partial charge in [-0.1, -0.05) is 24.3 Å². The number of carbonyl (C=O) groups is 1. The molecule has 0 aliphatic carbocycles. The number of pyridine rings is 1. The Balaban J connectivity index is 1.86. The first-order valence-corrected chi connectivity index (χ1v) is 5.48. The minimum absolute atomic E-state index is 0.192. The van der Waals surface area contributed by atoms with Gasteiger partial charge < -0.3 is 5.11 Å². The van der Waals surface area contributed by atoms with Gasteiger partial charge >= 0.3 is 0 Å². The second kappa shape index (κ2) is 5.79. The van der Waals surface area contributed by atoms with E-state index >= 15 is 0 Å². The summed E-state index contributed by atoms with van der Waals surface area (Å²) in [6.07, 6.45) is 1.55. The number of para-hydroxylation sites is 1. The van der Waals surface area contributed by atoms with E-state index in [9.17, 15) is 9.90 Å². The Morgan fingerprint density at radius 1 is 1.17 bits per heavy atom. The fourth-order valence-corrected chi connectivity index (χ4v) is 1.44. The number of rotatable bonds is 4. The maximum Gasteiger partial charge on any atom is 0.283 e. The monoisotopic (exact) mass is 243 g/mol. The van der Waals surface area contributed by atoms with Gasteiger partial charge in [0.2, 0.25) is 0 Å². The summed E-state index contributed by atoms with van der Waals surface area (Å²) in [5.74, 6) is -0.122. The second-order valence-corrected chi connectivity index (χ2v) is 3.65. The standard InChI is InChI=1S/C13H13N3O2/c17-12-7-2-1-5-10(12)9-15-16-13(18)11-6-3-4-8-14-11/h1-8,15,17H,9H2,(H,16,18). The van der Waals surface area contributed by atoms with Gasteiger partial charge in [-0.15, -0.1) is 0 Å². The lowest BCUT2D eigenvalue weighted by Crippen LogP contribution is -2.37. The molecule has 0 atom stereocenters. The number of hydrazine groups is 1. The number of benzene rings is 1. The van der Waals surface area contributed by atoms with E-state index in [-0.39, 0.29) is 11.7 Å². The van der Waals surface area contributed by atoms with Gasteiger partial charge in [-0.3, -0.25) is 15.2 Å². The van der Waals surface area contributed by atoms with E-state index in [1.165, 1.54) is 0 Å². The molecule has 0 aliphatic heterocycles. The van der Waals surface area contributed by atoms with Crippen LogP contribution in [0.3, 0.4) is 0 Å². The van der Waals surface area contributed by atoms with E-state index in [0.29, 0.717) is 17.8 Å². The van der Waals surface area contributed by atoms with Crippen molar-refractivity contribution in [3.05, 3.63) is 59.9 Å². The summed E-state index contributed by atoms with van der Waals surface area (Å²) in [5.41, 5.74) is 6.30. The van der Waals surface area contributed by atoms with Gasteiger partial charge in [-0.25, -0.2) is 5.43 Å². The molecule has 0 saturated carbocycles. The number of hydrogen-bond donors (Lipinski definition) is 3. The molecule has 0 bridgehead atoms. The molecule has 0 unspecified atom stereocenters. The van der Waals surface area contributed by atoms with Crippen LogP contribution in [-0.4, -0.2) is 16.0 Å². The number of amides is 1. The zero-order chi connectivity index (χ0) is 12.8. The molecule has 2 rings (SSSR count). The molecule has 0 saturated heterocycles. The first-order valence-electron chi connectivity index (χ1n) is 5.48. The molecular weight excluding hydrogens is 230 g/mol. The number of nitrogens with zero attached hydrogens (tertiary/aromatic N) is 1. The lowest BCUT2D eigenvalue weighted by molar-refractivity contribution is 0.0927. The minimum Gasteiger partial charge on any atom is -0.508 e. The Kier molecular flexibility index (Phi) is 3.88. The highest BCUT2D eigenvalue weighted by atomic mass is 16.3. The predicted octanol–water partition coefficient (Wildman–Crippen LogP) is 1.22. The number of nitrogens with one attached hydrogen (secondary N) is 2. The van der Waals surface area contributed by atoms with Gasteiger partial charge in [-0.05, 0) is 18.2 Å². The van der Waals surface area contributed by atoms with Crippen molar-refractivity contribution < 1.29 is 9.90 Å². The summed E-state index contributed by atoms with van der Waals surface area (Å²) in [6.45, 7) is 0.339. The number of hydrogen-bond acceptors (Lipinski definition) is 4. The van der Waals surface area contributed by atoms with Crippen LogP contribution in [0, 0.1) is 0 Å². The average Bonchev–Trinajstić information content (AvgIpc) is 2.42. The third-order valence-electron chi connectivity index (χ3n) is 2.37. The Labute approximate surface area is 104 Å². The molecule has 0 aliphatic rings. The molecule has 92 valence electrons. The van der Waals surface area contributed by atoms with Crippen molar-refractivity contribution >= 4 is 5.91 Å². The summed E-state index contributed by atoms with van der Waals surface area (Å²) >= 11 is 0. The van der Waals surface area contributed by atoms with Gasteiger partial charge in [0.05, 0.1) is 0 Å². The van der Waals surface area contributed by atoms with Crippen LogP contribution in [0.25, 0.3) is 0 Å². The first-order chi connectivity index (χ1) is 8.77. The van der Waals surface area contributed by atoms with Crippen molar-refractivity contribution in [3.63, 3.8) is 0 Å². The van der Waals surface area contributed by atoms with Gasteiger partial charge in [0, 0.05) is 18.3 Å². The molecule has 0 radical (unpaired) electrons. The van der Waals surface area contributed by atoms with Crippen molar-refractivity contribution in [3.8, 4) is 5.75 Å². The van der Waals surface area contributed by atoms with E-state index in [4.69, 9.17) is 0 Å². The van der Waals surface area contributed by atoms with Gasteiger partial charge in [-0.2, -0.15) is 0 Å². The predicted molar refractivity (Wildman–Crippen MR) is 66.6 cm³/mol. The Morgan fingerprint density at radius 2 is 1.94 bits per heavy atom. The lowest BCUT2D eigenvalue weighted by atomic mass is 10.2. The van der Waals surface area contributed by atoms with Crippen LogP contribution < -0.4 is 10.9 Å². The van der Waals surface area contributed by atoms with E-state index in [1.807, 2.05) is 6.07 Å². The Morgan fingerprint density at radius 3 is 2.67 bits per heavy atom. The van der Waals surface area contributed by atoms with Crippen molar-refractivity contribution in [2.45, 2.75) is 6.54 Å². The minimum atomic E-state index is -0.314. The third-order valence-corrected chi connectivity index (χ3v) is 2.37. The summed E-state index contributed by atoms with van der Waals surface area (Å²) in [4.78, 5) is 15.5. The Bertz CT molecular complexity index is 529. The van der Waals surface area contributed by atoms with E-state index in [2.05, 4.69) is 15.8 Å². The van der Waals surface area contributed by atoms with Gasteiger partial charge in [0.25, 0.3) is 5.91 Å². The molecule has 2 aromatic rings. The number of phenols is 1. The number of aromatic nitrogens is 1. The smallest absolute Gasteiger partial charge is 0.283 e. The second-order valence-electron chi connectivity index (χ2n) is 3.65. The summed E-state index contributed by atoms with van der Waals surface area (Å²) in [6, 6.07) is 12.0. The molecule has 0 spiro atoms. The van der Waals surface area contributed by atoms with Crippen molar-refractivity contribution in [2.75, 3.05) is 0 Å². The molecule has 1 amide bonds. The highest BCUT2D eigenvalue weighted by Gasteiger charge is 2.05. The third kappa shape index (κ3) is 3.05. The van der Waals surface area contributed by atoms with Gasteiger partial charge in [0.1, 0.15) is 11.4 Å². The van der Waals surface area contributed by atoms with E-state index in [1.54, 1.807) is 42.6 Å². The molecular formula is C13H13N3O2. The molecule has 1 heterocycles. The molecule has 1 aromatic carbocycles. The maximum absolute atomic E-state index is 11.6. The molecule has 18 heavy (non-hydrogen) atoms. The summed E-state index contributed by atoms with van der Waals surface area (Å²) < 4.78 is 0. The fourth-order valence-electron chi connectivity index (χ4n) is 1.44. The quantitative estimate of drug-likeness (QED) is 0.706. The molecule has 3 N–H and O–H groups in total. The van der Waals surface area contributed by atoms with Crippen LogP contribution in [-0.2, 0) is 6.54 Å². The van der Waals surface area contributed by atoms with Gasteiger partial charge in [0.15, 0.2) is 0 Å². The zero-order valence-corrected chi connectivity index (χ0v) is 9.63. The average molecular weight is 243 g/mol. The van der Waals surface area contributed by atoms with Crippen molar-refractivity contribution in [2.24, 2.45) is 0 Å². The van der Waals surface area contributed by atoms with Crippen molar-refractivity contribution in [1.82, 2.24) is 15.8 Å². The maximum atomic E-state index is 11.6. The number of aromatic hydroxyl groups is 1. The Hall–Kier alpha value is -2.40. The highest BCUT2D eigenvalue weighted by Crippen LogP contribution is 2.14. The number of phenolic OH excluding ortho intramolecular Hbond substituents is 1. The van der Waals surface area contributed by atoms with Crippen LogP contribution in [0.4, 0.5) is 0 Å². The van der Waals surface area contributed by atoms with Crippen molar-refractivity contribution in [1.29, 1.82) is 0 Å². The fraction of sp³-hybridized carbons (Fsp3) is 0.0769. The molecule has 1 aromatic heterocycles. The normalized spacial score (nSPS) is 10.0.